The molecular formula is C19H25N5O. The summed E-state index contributed by atoms with van der Waals surface area (Å²) in [7, 11) is 0. The van der Waals surface area contributed by atoms with E-state index in [0.717, 1.165) is 19.0 Å². The summed E-state index contributed by atoms with van der Waals surface area (Å²) >= 11 is 0. The lowest BCUT2D eigenvalue weighted by Gasteiger charge is -2.35. The third-order valence-electron chi connectivity index (χ3n) is 4.64. The Bertz CT molecular complexity index is 681. The summed E-state index contributed by atoms with van der Waals surface area (Å²) in [6, 6.07) is 12.1. The molecule has 1 aromatic heterocycles. The molecule has 132 valence electrons. The highest BCUT2D eigenvalue weighted by molar-refractivity contribution is 5.74. The first-order chi connectivity index (χ1) is 12.1. The number of nitrogens with zero attached hydrogens (tertiary/aromatic N) is 4. The van der Waals surface area contributed by atoms with E-state index in [0.29, 0.717) is 19.6 Å². The molecule has 25 heavy (non-hydrogen) atoms. The highest BCUT2D eigenvalue weighted by Crippen LogP contribution is 2.21. The fourth-order valence-corrected chi connectivity index (χ4v) is 2.96. The highest BCUT2D eigenvalue weighted by Gasteiger charge is 2.25. The van der Waals surface area contributed by atoms with Crippen molar-refractivity contribution >= 4 is 12.0 Å². The number of carbonyl (C=O) groups is 1. The van der Waals surface area contributed by atoms with Crippen molar-refractivity contribution in [1.82, 2.24) is 20.2 Å². The van der Waals surface area contributed by atoms with Crippen molar-refractivity contribution in [3.05, 3.63) is 54.4 Å². The lowest BCUT2D eigenvalue weighted by atomic mass is 9.85. The molecule has 0 aliphatic carbocycles. The summed E-state index contributed by atoms with van der Waals surface area (Å²) in [6.45, 7) is 7.75. The third-order valence-corrected chi connectivity index (χ3v) is 4.64. The topological polar surface area (TPSA) is 61.4 Å². The van der Waals surface area contributed by atoms with Crippen molar-refractivity contribution in [2.45, 2.75) is 19.3 Å². The number of carbonyl (C=O) groups excluding carboxylic acids is 1. The van der Waals surface area contributed by atoms with Crippen LogP contribution in [0, 0.1) is 0 Å². The maximum Gasteiger partial charge on any atom is 0.317 e. The largest absolute Gasteiger partial charge is 0.337 e. The minimum Gasteiger partial charge on any atom is -0.337 e. The Labute approximate surface area is 148 Å². The summed E-state index contributed by atoms with van der Waals surface area (Å²) in [5.74, 6) is 0.729. The van der Waals surface area contributed by atoms with Crippen molar-refractivity contribution in [3.8, 4) is 0 Å². The number of piperazine rings is 1. The van der Waals surface area contributed by atoms with Crippen molar-refractivity contribution < 1.29 is 4.79 Å². The number of hydrogen-bond donors (Lipinski definition) is 1. The smallest absolute Gasteiger partial charge is 0.317 e. The average Bonchev–Trinajstić information content (AvgIpc) is 2.68. The molecular weight excluding hydrogens is 314 g/mol. The maximum absolute atomic E-state index is 12.5. The molecule has 6 heteroatoms. The van der Waals surface area contributed by atoms with Gasteiger partial charge in [0.15, 0.2) is 0 Å². The predicted molar refractivity (Wildman–Crippen MR) is 98.7 cm³/mol. The van der Waals surface area contributed by atoms with Gasteiger partial charge >= 0.3 is 6.03 Å². The van der Waals surface area contributed by atoms with Crippen molar-refractivity contribution in [3.63, 3.8) is 0 Å². The minimum absolute atomic E-state index is 0.00219. The first-order valence-electron chi connectivity index (χ1n) is 8.66. The quantitative estimate of drug-likeness (QED) is 0.928. The van der Waals surface area contributed by atoms with Gasteiger partial charge in [0.1, 0.15) is 0 Å². The van der Waals surface area contributed by atoms with Gasteiger partial charge in [-0.15, -0.1) is 0 Å². The molecule has 0 unspecified atom stereocenters. The van der Waals surface area contributed by atoms with Gasteiger partial charge in [0, 0.05) is 50.5 Å². The summed E-state index contributed by atoms with van der Waals surface area (Å²) in [5, 5.41) is 3.08. The van der Waals surface area contributed by atoms with Crippen LogP contribution >= 0.6 is 0 Å². The molecule has 0 atom stereocenters. The number of amides is 2. The minimum atomic E-state index is -0.101. The second-order valence-corrected chi connectivity index (χ2v) is 6.93. The van der Waals surface area contributed by atoms with Crippen LogP contribution in [-0.4, -0.2) is 53.6 Å². The van der Waals surface area contributed by atoms with E-state index in [1.54, 1.807) is 12.4 Å². The van der Waals surface area contributed by atoms with E-state index in [-0.39, 0.29) is 11.4 Å². The highest BCUT2D eigenvalue weighted by atomic mass is 16.2. The molecule has 1 aliphatic rings. The van der Waals surface area contributed by atoms with Crippen LogP contribution in [0.2, 0.25) is 0 Å². The summed E-state index contributed by atoms with van der Waals surface area (Å²) in [5.41, 5.74) is 1.12. The zero-order valence-electron chi connectivity index (χ0n) is 14.9. The lowest BCUT2D eigenvalue weighted by molar-refractivity contribution is 0.192. The molecule has 2 aromatic rings. The average molecular weight is 339 g/mol. The van der Waals surface area contributed by atoms with Crippen LogP contribution < -0.4 is 10.2 Å². The van der Waals surface area contributed by atoms with Crippen LogP contribution in [0.15, 0.2) is 48.8 Å². The Kier molecular flexibility index (Phi) is 5.16. The van der Waals surface area contributed by atoms with E-state index >= 15 is 0 Å². The van der Waals surface area contributed by atoms with Crippen LogP contribution in [0.4, 0.5) is 10.7 Å². The standard InChI is InChI=1S/C19H25N5O/c1-19(2,16-7-4-3-5-8-16)15-22-18(25)24-13-11-23(12-14-24)17-20-9-6-10-21-17/h3-10H,11-15H2,1-2H3,(H,22,25). The number of benzene rings is 1. The van der Waals surface area contributed by atoms with Crippen LogP contribution in [0.5, 0.6) is 0 Å². The van der Waals surface area contributed by atoms with Gasteiger partial charge in [0.05, 0.1) is 0 Å². The van der Waals surface area contributed by atoms with Gasteiger partial charge in [-0.2, -0.15) is 0 Å². The van der Waals surface area contributed by atoms with Crippen LogP contribution in [-0.2, 0) is 5.41 Å². The molecule has 0 bridgehead atoms. The van der Waals surface area contributed by atoms with Gasteiger partial charge < -0.3 is 15.1 Å². The van der Waals surface area contributed by atoms with Crippen LogP contribution in [0.1, 0.15) is 19.4 Å². The van der Waals surface area contributed by atoms with Gasteiger partial charge in [-0.05, 0) is 11.6 Å². The van der Waals surface area contributed by atoms with E-state index in [1.165, 1.54) is 5.56 Å². The van der Waals surface area contributed by atoms with Crippen molar-refractivity contribution in [2.75, 3.05) is 37.6 Å². The fraction of sp³-hybridized carbons (Fsp3) is 0.421. The number of anilines is 1. The Morgan fingerprint density at radius 3 is 2.32 bits per heavy atom. The van der Waals surface area contributed by atoms with Crippen LogP contribution in [0.25, 0.3) is 0 Å². The third kappa shape index (κ3) is 4.26. The molecule has 2 heterocycles. The van der Waals surface area contributed by atoms with Crippen LogP contribution in [0.3, 0.4) is 0 Å². The second-order valence-electron chi connectivity index (χ2n) is 6.93. The number of urea groups is 1. The van der Waals surface area contributed by atoms with Crippen molar-refractivity contribution in [2.24, 2.45) is 0 Å². The zero-order valence-corrected chi connectivity index (χ0v) is 14.9. The molecule has 6 nitrogen and oxygen atoms in total. The normalized spacial score (nSPS) is 15.1. The first-order valence-corrected chi connectivity index (χ1v) is 8.66. The Balaban J connectivity index is 1.50. The molecule has 3 rings (SSSR count). The summed E-state index contributed by atoms with van der Waals surface area (Å²) in [6.07, 6.45) is 3.49. The molecule has 0 saturated carbocycles. The van der Waals surface area contributed by atoms with Gasteiger partial charge in [0.2, 0.25) is 5.95 Å². The second kappa shape index (κ2) is 7.51. The number of hydrogen-bond acceptors (Lipinski definition) is 4. The molecule has 0 radical (unpaired) electrons. The monoisotopic (exact) mass is 339 g/mol. The maximum atomic E-state index is 12.5. The Morgan fingerprint density at radius 1 is 1.04 bits per heavy atom. The molecule has 2 amide bonds. The molecule has 1 N–H and O–H groups in total. The summed E-state index contributed by atoms with van der Waals surface area (Å²) < 4.78 is 0. The predicted octanol–water partition coefficient (Wildman–Crippen LogP) is 2.29. The zero-order chi connectivity index (χ0) is 17.7. The number of aromatic nitrogens is 2. The van der Waals surface area contributed by atoms with Gasteiger partial charge in [-0.1, -0.05) is 44.2 Å². The lowest BCUT2D eigenvalue weighted by Crippen LogP contribution is -2.53. The first kappa shape index (κ1) is 17.2. The fourth-order valence-electron chi connectivity index (χ4n) is 2.96. The van der Waals surface area contributed by atoms with E-state index in [9.17, 15) is 4.79 Å². The van der Waals surface area contributed by atoms with E-state index in [2.05, 4.69) is 46.2 Å². The molecule has 1 aliphatic heterocycles. The molecule has 1 fully saturated rings. The summed E-state index contributed by atoms with van der Waals surface area (Å²) in [4.78, 5) is 25.0. The molecule has 0 spiro atoms. The van der Waals surface area contributed by atoms with Crippen molar-refractivity contribution in [1.29, 1.82) is 0 Å². The van der Waals surface area contributed by atoms with E-state index in [1.807, 2.05) is 29.2 Å². The Morgan fingerprint density at radius 2 is 1.68 bits per heavy atom. The SMILES string of the molecule is CC(C)(CNC(=O)N1CCN(c2ncccn2)CC1)c1ccccc1. The van der Waals surface area contributed by atoms with E-state index < -0.39 is 0 Å². The van der Waals surface area contributed by atoms with Gasteiger partial charge in [0.25, 0.3) is 0 Å². The number of rotatable bonds is 4. The number of nitrogens with one attached hydrogen (secondary N) is 1. The Hall–Kier alpha value is -2.63. The van der Waals surface area contributed by atoms with Gasteiger partial charge in [-0.25, -0.2) is 14.8 Å². The molecule has 1 saturated heterocycles. The molecule has 1 aromatic carbocycles. The van der Waals surface area contributed by atoms with Gasteiger partial charge in [-0.3, -0.25) is 0 Å². The van der Waals surface area contributed by atoms with E-state index in [4.69, 9.17) is 0 Å².